The Kier molecular flexibility index (Phi) is 4.14. The molecule has 19 heavy (non-hydrogen) atoms. The number of carbonyl (C=O) groups is 1. The van der Waals surface area contributed by atoms with Crippen LogP contribution in [-0.2, 0) is 9.53 Å². The molecule has 0 aliphatic heterocycles. The lowest BCUT2D eigenvalue weighted by atomic mass is 10.2. The Hall–Kier alpha value is -1.49. The van der Waals surface area contributed by atoms with Gasteiger partial charge in [0.1, 0.15) is 11.5 Å². The van der Waals surface area contributed by atoms with Gasteiger partial charge in [0.15, 0.2) is 6.10 Å². The average molecular weight is 300 g/mol. The van der Waals surface area contributed by atoms with E-state index >= 15 is 0 Å². The number of rotatable bonds is 4. The van der Waals surface area contributed by atoms with Gasteiger partial charge in [-0.3, -0.25) is 4.79 Å². The third kappa shape index (κ3) is 2.76. The molecule has 0 aliphatic rings. The van der Waals surface area contributed by atoms with Crippen molar-refractivity contribution in [2.24, 2.45) is 5.73 Å². The molecule has 0 radical (unpaired) electrons. The van der Waals surface area contributed by atoms with Crippen LogP contribution >= 0.6 is 23.2 Å². The maximum Gasteiger partial charge on any atom is 0.254 e. The van der Waals surface area contributed by atoms with Crippen LogP contribution < -0.4 is 5.73 Å². The van der Waals surface area contributed by atoms with Crippen molar-refractivity contribution in [1.82, 2.24) is 0 Å². The second-order valence-electron chi connectivity index (χ2n) is 3.82. The number of furan rings is 1. The van der Waals surface area contributed by atoms with E-state index in [-0.39, 0.29) is 0 Å². The summed E-state index contributed by atoms with van der Waals surface area (Å²) in [5.74, 6) is 0.187. The van der Waals surface area contributed by atoms with Gasteiger partial charge in [-0.05, 0) is 24.3 Å². The van der Waals surface area contributed by atoms with Crippen molar-refractivity contribution in [2.75, 3.05) is 7.11 Å². The van der Waals surface area contributed by atoms with Crippen molar-refractivity contribution >= 4 is 29.1 Å². The number of halogens is 2. The molecular weight excluding hydrogens is 289 g/mol. The van der Waals surface area contributed by atoms with Crippen LogP contribution in [-0.4, -0.2) is 13.0 Å². The van der Waals surface area contributed by atoms with Crippen molar-refractivity contribution in [3.05, 3.63) is 46.1 Å². The van der Waals surface area contributed by atoms with E-state index in [2.05, 4.69) is 0 Å². The van der Waals surface area contributed by atoms with Crippen LogP contribution in [0.5, 0.6) is 0 Å². The van der Waals surface area contributed by atoms with Crippen LogP contribution in [0.1, 0.15) is 11.9 Å². The molecule has 0 saturated heterocycles. The molecule has 1 atom stereocenters. The molecule has 100 valence electrons. The number of primary amides is 1. The fourth-order valence-electron chi connectivity index (χ4n) is 1.71. The van der Waals surface area contributed by atoms with Crippen LogP contribution in [0.25, 0.3) is 11.3 Å². The van der Waals surface area contributed by atoms with Gasteiger partial charge in [0.2, 0.25) is 0 Å². The lowest BCUT2D eigenvalue weighted by Crippen LogP contribution is -2.22. The summed E-state index contributed by atoms with van der Waals surface area (Å²) in [6.07, 6.45) is -0.924. The summed E-state index contributed by atoms with van der Waals surface area (Å²) in [6, 6.07) is 8.50. The number of benzene rings is 1. The second kappa shape index (κ2) is 5.65. The maximum atomic E-state index is 11.2. The molecule has 1 heterocycles. The van der Waals surface area contributed by atoms with E-state index in [0.29, 0.717) is 27.1 Å². The minimum Gasteiger partial charge on any atom is -0.458 e. The molecular formula is C13H11Cl2NO3. The molecule has 0 aliphatic carbocycles. The first kappa shape index (κ1) is 13.9. The fraction of sp³-hybridized carbons (Fsp3) is 0.154. The van der Waals surface area contributed by atoms with Crippen LogP contribution in [0.4, 0.5) is 0 Å². The van der Waals surface area contributed by atoms with Crippen molar-refractivity contribution in [1.29, 1.82) is 0 Å². The summed E-state index contributed by atoms with van der Waals surface area (Å²) in [6.45, 7) is 0. The summed E-state index contributed by atoms with van der Waals surface area (Å²) in [7, 11) is 1.38. The van der Waals surface area contributed by atoms with Crippen LogP contribution in [0.2, 0.25) is 10.0 Å². The Morgan fingerprint density at radius 1 is 1.32 bits per heavy atom. The monoisotopic (exact) mass is 299 g/mol. The molecule has 1 aromatic carbocycles. The number of ether oxygens (including phenoxy) is 1. The Labute approximate surface area is 120 Å². The fourth-order valence-corrected chi connectivity index (χ4v) is 2.10. The summed E-state index contributed by atoms with van der Waals surface area (Å²) >= 11 is 12.0. The number of hydrogen-bond donors (Lipinski definition) is 1. The van der Waals surface area contributed by atoms with E-state index in [0.717, 1.165) is 0 Å². The van der Waals surface area contributed by atoms with Crippen molar-refractivity contribution in [3.63, 3.8) is 0 Å². The van der Waals surface area contributed by atoms with Crippen molar-refractivity contribution in [3.8, 4) is 11.3 Å². The first-order valence-corrected chi connectivity index (χ1v) is 6.16. The molecule has 4 nitrogen and oxygen atoms in total. The SMILES string of the molecule is COC(C(N)=O)c1ccc(-c2cccc(Cl)c2Cl)o1. The summed E-state index contributed by atoms with van der Waals surface area (Å²) in [5.41, 5.74) is 5.85. The van der Waals surface area contributed by atoms with Gasteiger partial charge in [-0.25, -0.2) is 0 Å². The zero-order chi connectivity index (χ0) is 14.0. The van der Waals surface area contributed by atoms with Crippen LogP contribution in [0.3, 0.4) is 0 Å². The van der Waals surface area contributed by atoms with E-state index in [9.17, 15) is 4.79 Å². The maximum absolute atomic E-state index is 11.2. The standard InChI is InChI=1S/C13H11Cl2NO3/c1-18-12(13(16)17)10-6-5-9(19-10)7-3-2-4-8(14)11(7)15/h2-6,12H,1H3,(H2,16,17). The largest absolute Gasteiger partial charge is 0.458 e. The van der Waals surface area contributed by atoms with Gasteiger partial charge >= 0.3 is 0 Å². The Balaban J connectivity index is 2.41. The minimum atomic E-state index is -0.924. The lowest BCUT2D eigenvalue weighted by molar-refractivity contribution is -0.128. The summed E-state index contributed by atoms with van der Waals surface area (Å²) in [5, 5.41) is 0.813. The number of carbonyl (C=O) groups excluding carboxylic acids is 1. The normalized spacial score (nSPS) is 12.4. The number of amides is 1. The topological polar surface area (TPSA) is 65.5 Å². The molecule has 0 bridgehead atoms. The van der Waals surface area contributed by atoms with Gasteiger partial charge in [0, 0.05) is 12.7 Å². The highest BCUT2D eigenvalue weighted by molar-refractivity contribution is 6.43. The first-order valence-electron chi connectivity index (χ1n) is 5.41. The van der Waals surface area contributed by atoms with E-state index in [4.69, 9.17) is 38.1 Å². The first-order chi connectivity index (χ1) is 9.04. The van der Waals surface area contributed by atoms with Crippen molar-refractivity contribution < 1.29 is 13.9 Å². The van der Waals surface area contributed by atoms with Crippen LogP contribution in [0, 0.1) is 0 Å². The number of hydrogen-bond acceptors (Lipinski definition) is 3. The molecule has 2 aromatic rings. The lowest BCUT2D eigenvalue weighted by Gasteiger charge is -2.08. The molecule has 0 spiro atoms. The molecule has 2 N–H and O–H groups in total. The molecule has 0 fully saturated rings. The Morgan fingerprint density at radius 3 is 2.68 bits per heavy atom. The Bertz CT molecular complexity index is 610. The third-order valence-electron chi connectivity index (χ3n) is 2.60. The van der Waals surface area contributed by atoms with E-state index in [1.54, 1.807) is 30.3 Å². The zero-order valence-electron chi connectivity index (χ0n) is 10.0. The van der Waals surface area contributed by atoms with Gasteiger partial charge in [0.05, 0.1) is 10.0 Å². The highest BCUT2D eigenvalue weighted by Crippen LogP contribution is 2.35. The predicted molar refractivity (Wildman–Crippen MR) is 73.1 cm³/mol. The Morgan fingerprint density at radius 2 is 2.05 bits per heavy atom. The van der Waals surface area contributed by atoms with Gasteiger partial charge in [-0.1, -0.05) is 29.3 Å². The summed E-state index contributed by atoms with van der Waals surface area (Å²) < 4.78 is 10.5. The molecule has 1 amide bonds. The average Bonchev–Trinajstić information content (AvgIpc) is 2.82. The van der Waals surface area contributed by atoms with Gasteiger partial charge in [-0.2, -0.15) is 0 Å². The number of methoxy groups -OCH3 is 1. The molecule has 6 heteroatoms. The second-order valence-corrected chi connectivity index (χ2v) is 4.61. The van der Waals surface area contributed by atoms with Crippen LogP contribution in [0.15, 0.2) is 34.7 Å². The minimum absolute atomic E-state index is 0.320. The zero-order valence-corrected chi connectivity index (χ0v) is 11.5. The smallest absolute Gasteiger partial charge is 0.254 e. The van der Waals surface area contributed by atoms with Gasteiger partial charge < -0.3 is 14.9 Å². The van der Waals surface area contributed by atoms with E-state index in [1.807, 2.05) is 0 Å². The molecule has 1 unspecified atom stereocenters. The summed E-state index contributed by atoms with van der Waals surface area (Å²) in [4.78, 5) is 11.2. The number of nitrogens with two attached hydrogens (primary N) is 1. The molecule has 2 rings (SSSR count). The molecule has 1 aromatic heterocycles. The van der Waals surface area contributed by atoms with Gasteiger partial charge in [0.25, 0.3) is 5.91 Å². The predicted octanol–water partition coefficient (Wildman–Crippen LogP) is 3.43. The highest BCUT2D eigenvalue weighted by Gasteiger charge is 2.21. The van der Waals surface area contributed by atoms with E-state index < -0.39 is 12.0 Å². The quantitative estimate of drug-likeness (QED) is 0.940. The third-order valence-corrected chi connectivity index (χ3v) is 3.42. The van der Waals surface area contributed by atoms with Crippen molar-refractivity contribution in [2.45, 2.75) is 6.10 Å². The van der Waals surface area contributed by atoms with E-state index in [1.165, 1.54) is 7.11 Å². The highest BCUT2D eigenvalue weighted by atomic mass is 35.5. The van der Waals surface area contributed by atoms with Gasteiger partial charge in [-0.15, -0.1) is 0 Å². The molecule has 0 saturated carbocycles.